The lowest BCUT2D eigenvalue weighted by Gasteiger charge is -2.46. The number of nitrogens with zero attached hydrogens (tertiary/aromatic N) is 2. The third-order valence-electron chi connectivity index (χ3n) is 6.73. The summed E-state index contributed by atoms with van der Waals surface area (Å²) < 4.78 is 67.5. The van der Waals surface area contributed by atoms with Crippen LogP contribution in [0.1, 0.15) is 37.6 Å². The summed E-state index contributed by atoms with van der Waals surface area (Å²) >= 11 is 5.90. The Hall–Kier alpha value is -3.94. The van der Waals surface area contributed by atoms with E-state index in [4.69, 9.17) is 21.1 Å². The van der Waals surface area contributed by atoms with Crippen molar-refractivity contribution in [2.45, 2.75) is 50.4 Å². The number of pyridine rings is 1. The van der Waals surface area contributed by atoms with Crippen LogP contribution in [0.2, 0.25) is 5.02 Å². The van der Waals surface area contributed by atoms with Crippen molar-refractivity contribution in [2.75, 3.05) is 19.6 Å². The Kier molecular flexibility index (Phi) is 9.15. The minimum absolute atomic E-state index is 0.0350. The molecule has 0 aliphatic carbocycles. The van der Waals surface area contributed by atoms with E-state index >= 15 is 0 Å². The zero-order valence-corrected chi connectivity index (χ0v) is 24.7. The maximum absolute atomic E-state index is 14.5. The average molecular weight is 640 g/mol. The quantitative estimate of drug-likeness (QED) is 0.286. The van der Waals surface area contributed by atoms with Crippen LogP contribution < -0.4 is 5.32 Å². The molecule has 1 aliphatic heterocycles. The normalized spacial score (nSPS) is 16.0. The van der Waals surface area contributed by atoms with Gasteiger partial charge in [-0.25, -0.2) is 19.0 Å². The number of carbonyl (C=O) groups excluding carboxylic acids is 2. The van der Waals surface area contributed by atoms with Crippen molar-refractivity contribution >= 4 is 23.8 Å². The second-order valence-corrected chi connectivity index (χ2v) is 11.8. The molecule has 1 atom stereocenters. The molecule has 1 aromatic heterocycles. The Labute approximate surface area is 255 Å². The van der Waals surface area contributed by atoms with Crippen LogP contribution in [0, 0.1) is 5.82 Å². The molecule has 9 nitrogen and oxygen atoms in total. The van der Waals surface area contributed by atoms with E-state index < -0.39 is 53.2 Å². The number of likely N-dealkylation sites (tertiary alicyclic amines) is 1. The molecule has 2 aromatic carbocycles. The van der Waals surface area contributed by atoms with E-state index in [-0.39, 0.29) is 41.5 Å². The number of nitrogens with one attached hydrogen (secondary N) is 1. The number of β-amino-alcohol motifs (C(OH)–C–C–N with tert-alkyl or cyclic N) is 1. The summed E-state index contributed by atoms with van der Waals surface area (Å²) in [6.45, 7) is 2.40. The third kappa shape index (κ3) is 7.40. The van der Waals surface area contributed by atoms with E-state index in [0.29, 0.717) is 0 Å². The van der Waals surface area contributed by atoms with E-state index in [0.717, 1.165) is 28.7 Å². The molecule has 0 bridgehead atoms. The largest absolute Gasteiger partial charge is 0.445 e. The summed E-state index contributed by atoms with van der Waals surface area (Å²) in [4.78, 5) is 29.9. The standard InChI is InChI=1S/C30H30ClF4N3O6/c1-27(2,3)44-25(39)36-15-29(42,30(33,34)35)24-13-20(12-23(37-24)19-9-10-22(32)21(31)11-19)28(41)16-38(17-28)26(40)43-14-18-7-5-4-6-8-18/h4-13,41-42H,14-17H2,1-3H3,(H,36,39). The zero-order chi connectivity index (χ0) is 32.5. The number of hydrogen-bond donors (Lipinski definition) is 3. The lowest BCUT2D eigenvalue weighted by molar-refractivity contribution is -0.265. The highest BCUT2D eigenvalue weighted by Crippen LogP contribution is 2.42. The first-order valence-electron chi connectivity index (χ1n) is 13.3. The van der Waals surface area contributed by atoms with Gasteiger partial charge in [-0.1, -0.05) is 41.9 Å². The van der Waals surface area contributed by atoms with Crippen LogP contribution >= 0.6 is 11.6 Å². The zero-order valence-electron chi connectivity index (χ0n) is 23.9. The minimum atomic E-state index is -5.37. The Morgan fingerprint density at radius 2 is 1.73 bits per heavy atom. The van der Waals surface area contributed by atoms with Crippen molar-refractivity contribution in [1.82, 2.24) is 15.2 Å². The predicted molar refractivity (Wildman–Crippen MR) is 151 cm³/mol. The molecule has 0 radical (unpaired) electrons. The summed E-state index contributed by atoms with van der Waals surface area (Å²) in [6, 6.07) is 14.2. The van der Waals surface area contributed by atoms with Crippen molar-refractivity contribution in [3.63, 3.8) is 0 Å². The van der Waals surface area contributed by atoms with E-state index in [1.165, 1.54) is 32.9 Å². The first kappa shape index (κ1) is 33.0. The van der Waals surface area contributed by atoms with Gasteiger partial charge in [-0.3, -0.25) is 0 Å². The second kappa shape index (κ2) is 12.2. The summed E-state index contributed by atoms with van der Waals surface area (Å²) in [5.41, 5.74) is -7.17. The molecule has 1 unspecified atom stereocenters. The molecule has 3 aromatic rings. The lowest BCUT2D eigenvalue weighted by atomic mass is 9.84. The molecule has 3 N–H and O–H groups in total. The van der Waals surface area contributed by atoms with Gasteiger partial charge in [0.05, 0.1) is 36.0 Å². The molecule has 1 fully saturated rings. The molecule has 1 saturated heterocycles. The lowest BCUT2D eigenvalue weighted by Crippen LogP contribution is -2.61. The van der Waals surface area contributed by atoms with Crippen molar-refractivity contribution in [1.29, 1.82) is 0 Å². The monoisotopic (exact) mass is 639 g/mol. The number of benzene rings is 2. The molecule has 44 heavy (non-hydrogen) atoms. The van der Waals surface area contributed by atoms with Crippen LogP contribution in [0.4, 0.5) is 27.2 Å². The van der Waals surface area contributed by atoms with Crippen LogP contribution in [0.25, 0.3) is 11.3 Å². The molecule has 236 valence electrons. The third-order valence-corrected chi connectivity index (χ3v) is 7.02. The summed E-state index contributed by atoms with van der Waals surface area (Å²) in [6.07, 6.45) is -7.35. The van der Waals surface area contributed by atoms with Crippen LogP contribution in [0.5, 0.6) is 0 Å². The number of amides is 2. The highest BCUT2D eigenvalue weighted by atomic mass is 35.5. The van der Waals surface area contributed by atoms with Crippen molar-refractivity contribution in [2.24, 2.45) is 0 Å². The Morgan fingerprint density at radius 3 is 2.32 bits per heavy atom. The molecule has 2 amide bonds. The number of ether oxygens (including phenoxy) is 2. The Morgan fingerprint density at radius 1 is 1.07 bits per heavy atom. The van der Waals surface area contributed by atoms with Gasteiger partial charge in [0.15, 0.2) is 0 Å². The molecule has 1 aliphatic rings. The van der Waals surface area contributed by atoms with Gasteiger partial charge >= 0.3 is 18.4 Å². The van der Waals surface area contributed by atoms with Gasteiger partial charge in [-0.15, -0.1) is 0 Å². The van der Waals surface area contributed by atoms with E-state index in [1.54, 1.807) is 30.3 Å². The van der Waals surface area contributed by atoms with Gasteiger partial charge in [0, 0.05) is 5.56 Å². The van der Waals surface area contributed by atoms with Gasteiger partial charge in [0.2, 0.25) is 5.60 Å². The fourth-order valence-corrected chi connectivity index (χ4v) is 4.55. The number of aliphatic hydroxyl groups is 2. The highest BCUT2D eigenvalue weighted by Gasteiger charge is 2.57. The average Bonchev–Trinajstić information content (AvgIpc) is 2.93. The van der Waals surface area contributed by atoms with Crippen LogP contribution in [-0.4, -0.2) is 63.7 Å². The van der Waals surface area contributed by atoms with Gasteiger partial charge in [-0.05, 0) is 62.2 Å². The van der Waals surface area contributed by atoms with Crippen LogP contribution in [-0.2, 0) is 27.3 Å². The van der Waals surface area contributed by atoms with E-state index in [9.17, 15) is 37.4 Å². The van der Waals surface area contributed by atoms with E-state index in [2.05, 4.69) is 4.98 Å². The fourth-order valence-electron chi connectivity index (χ4n) is 4.37. The van der Waals surface area contributed by atoms with Gasteiger partial charge in [0.1, 0.15) is 23.6 Å². The molecular formula is C30H30ClF4N3O6. The van der Waals surface area contributed by atoms with Crippen LogP contribution in [0.15, 0.2) is 60.7 Å². The highest BCUT2D eigenvalue weighted by molar-refractivity contribution is 6.31. The number of rotatable bonds is 7. The first-order valence-corrected chi connectivity index (χ1v) is 13.7. The van der Waals surface area contributed by atoms with Gasteiger partial charge in [-0.2, -0.15) is 13.2 Å². The van der Waals surface area contributed by atoms with Crippen molar-refractivity contribution in [3.8, 4) is 11.3 Å². The number of hydrogen-bond acceptors (Lipinski definition) is 7. The molecule has 0 spiro atoms. The number of alkyl carbamates (subject to hydrolysis) is 1. The molecule has 2 heterocycles. The Balaban J connectivity index is 1.67. The van der Waals surface area contributed by atoms with Crippen molar-refractivity contribution in [3.05, 3.63) is 88.3 Å². The number of aromatic nitrogens is 1. The Bertz CT molecular complexity index is 1530. The first-order chi connectivity index (χ1) is 20.4. The summed E-state index contributed by atoms with van der Waals surface area (Å²) in [7, 11) is 0. The molecule has 0 saturated carbocycles. The SMILES string of the molecule is CC(C)(C)OC(=O)NCC(O)(c1cc(C2(O)CN(C(=O)OCc3ccccc3)C2)cc(-c2ccc(F)c(Cl)c2)n1)C(F)(F)F. The smallest absolute Gasteiger partial charge is 0.424 e. The summed E-state index contributed by atoms with van der Waals surface area (Å²) in [5, 5.41) is 24.0. The maximum Gasteiger partial charge on any atom is 0.424 e. The number of carbonyl (C=O) groups is 2. The minimum Gasteiger partial charge on any atom is -0.445 e. The number of alkyl halides is 3. The molecular weight excluding hydrogens is 610 g/mol. The predicted octanol–water partition coefficient (Wildman–Crippen LogP) is 5.66. The summed E-state index contributed by atoms with van der Waals surface area (Å²) in [5.74, 6) is -0.789. The topological polar surface area (TPSA) is 121 Å². The van der Waals surface area contributed by atoms with Gasteiger partial charge in [0.25, 0.3) is 0 Å². The fraction of sp³-hybridized carbons (Fsp3) is 0.367. The molecule has 4 rings (SSSR count). The second-order valence-electron chi connectivity index (χ2n) is 11.4. The maximum atomic E-state index is 14.5. The number of halogens is 5. The van der Waals surface area contributed by atoms with Crippen molar-refractivity contribution < 1.29 is 46.8 Å². The molecule has 14 heteroatoms. The van der Waals surface area contributed by atoms with E-state index in [1.807, 2.05) is 5.32 Å². The van der Waals surface area contributed by atoms with Crippen LogP contribution in [0.3, 0.4) is 0 Å². The van der Waals surface area contributed by atoms with Gasteiger partial charge < -0.3 is 29.9 Å².